The predicted molar refractivity (Wildman–Crippen MR) is 104 cm³/mol. The van der Waals surface area contributed by atoms with E-state index in [1.54, 1.807) is 7.11 Å². The van der Waals surface area contributed by atoms with Crippen LogP contribution in [0.3, 0.4) is 0 Å². The maximum absolute atomic E-state index is 12.5. The normalized spacial score (nSPS) is 16.9. The zero-order chi connectivity index (χ0) is 19.1. The van der Waals surface area contributed by atoms with Crippen LogP contribution in [0.5, 0.6) is 5.75 Å². The van der Waals surface area contributed by atoms with Gasteiger partial charge in [-0.15, -0.1) is 0 Å². The summed E-state index contributed by atoms with van der Waals surface area (Å²) in [7, 11) is 1.64. The molecule has 2 amide bonds. The molecule has 142 valence electrons. The highest BCUT2D eigenvalue weighted by Gasteiger charge is 2.29. The number of likely N-dealkylation sites (tertiary alicyclic amines) is 1. The molecule has 1 atom stereocenters. The van der Waals surface area contributed by atoms with E-state index in [1.165, 1.54) is 0 Å². The Balaban J connectivity index is 1.50. The van der Waals surface area contributed by atoms with E-state index in [0.717, 1.165) is 23.3 Å². The number of amides is 2. The molecule has 0 bridgehead atoms. The predicted octanol–water partition coefficient (Wildman–Crippen LogP) is 2.79. The van der Waals surface area contributed by atoms with Gasteiger partial charge in [0.05, 0.1) is 13.0 Å². The standard InChI is InChI=1S/C22H26N2O3/c1-27-20-10-7-17(8-11-20)13-14-24-16-19(9-12-21(24)25)22(26)23-15-18-5-3-2-4-6-18/h2-8,10-11,19H,9,12-16H2,1H3,(H,23,26)/t19-/m1/s1. The Kier molecular flexibility index (Phi) is 6.47. The summed E-state index contributed by atoms with van der Waals surface area (Å²) in [5.41, 5.74) is 2.23. The quantitative estimate of drug-likeness (QED) is 0.820. The zero-order valence-electron chi connectivity index (χ0n) is 15.7. The van der Waals surface area contributed by atoms with Crippen LogP contribution in [0, 0.1) is 5.92 Å². The van der Waals surface area contributed by atoms with Crippen LogP contribution in [0.2, 0.25) is 0 Å². The number of nitrogens with one attached hydrogen (secondary N) is 1. The maximum Gasteiger partial charge on any atom is 0.225 e. The van der Waals surface area contributed by atoms with Crippen LogP contribution in [-0.4, -0.2) is 36.9 Å². The van der Waals surface area contributed by atoms with E-state index in [4.69, 9.17) is 4.74 Å². The molecule has 1 saturated heterocycles. The molecule has 0 spiro atoms. The van der Waals surface area contributed by atoms with Gasteiger partial charge in [-0.2, -0.15) is 0 Å². The van der Waals surface area contributed by atoms with E-state index < -0.39 is 0 Å². The van der Waals surface area contributed by atoms with Crippen LogP contribution in [0.15, 0.2) is 54.6 Å². The number of nitrogens with zero attached hydrogens (tertiary/aromatic N) is 1. The molecule has 0 saturated carbocycles. The maximum atomic E-state index is 12.5. The minimum absolute atomic E-state index is 0.0285. The lowest BCUT2D eigenvalue weighted by Gasteiger charge is -2.32. The van der Waals surface area contributed by atoms with Crippen LogP contribution in [0.4, 0.5) is 0 Å². The average Bonchev–Trinajstić information content (AvgIpc) is 2.72. The van der Waals surface area contributed by atoms with E-state index in [-0.39, 0.29) is 17.7 Å². The van der Waals surface area contributed by atoms with E-state index in [1.807, 2.05) is 59.5 Å². The number of hydrogen-bond donors (Lipinski definition) is 1. The molecule has 1 aliphatic rings. The van der Waals surface area contributed by atoms with Crippen LogP contribution in [0.1, 0.15) is 24.0 Å². The first-order chi connectivity index (χ1) is 13.2. The Morgan fingerprint density at radius 3 is 2.56 bits per heavy atom. The summed E-state index contributed by atoms with van der Waals surface area (Å²) in [5, 5.41) is 3.00. The highest BCUT2D eigenvalue weighted by atomic mass is 16.5. The molecule has 5 nitrogen and oxygen atoms in total. The smallest absolute Gasteiger partial charge is 0.225 e. The van der Waals surface area contributed by atoms with Gasteiger partial charge >= 0.3 is 0 Å². The second kappa shape index (κ2) is 9.21. The van der Waals surface area contributed by atoms with Crippen molar-refractivity contribution >= 4 is 11.8 Å². The highest BCUT2D eigenvalue weighted by molar-refractivity contribution is 5.83. The Bertz CT molecular complexity index is 759. The van der Waals surface area contributed by atoms with Gasteiger partial charge in [0.15, 0.2) is 0 Å². The van der Waals surface area contributed by atoms with Crippen molar-refractivity contribution in [1.29, 1.82) is 0 Å². The van der Waals surface area contributed by atoms with Gasteiger partial charge in [-0.25, -0.2) is 0 Å². The lowest BCUT2D eigenvalue weighted by Crippen LogP contribution is -2.46. The summed E-state index contributed by atoms with van der Waals surface area (Å²) in [6.45, 7) is 1.65. The molecular formula is C22H26N2O3. The molecular weight excluding hydrogens is 340 g/mol. The Labute approximate surface area is 160 Å². The highest BCUT2D eigenvalue weighted by Crippen LogP contribution is 2.19. The molecule has 0 aromatic heterocycles. The SMILES string of the molecule is COc1ccc(CCN2C[C@H](C(=O)NCc3ccccc3)CCC2=O)cc1. The lowest BCUT2D eigenvalue weighted by atomic mass is 9.96. The first-order valence-electron chi connectivity index (χ1n) is 9.38. The molecule has 27 heavy (non-hydrogen) atoms. The molecule has 1 heterocycles. The number of hydrogen-bond acceptors (Lipinski definition) is 3. The minimum Gasteiger partial charge on any atom is -0.497 e. The molecule has 2 aromatic rings. The number of benzene rings is 2. The monoisotopic (exact) mass is 366 g/mol. The van der Waals surface area contributed by atoms with Crippen LogP contribution >= 0.6 is 0 Å². The van der Waals surface area contributed by atoms with Gasteiger partial charge in [0.25, 0.3) is 0 Å². The van der Waals surface area contributed by atoms with Crippen molar-refractivity contribution in [3.8, 4) is 5.75 Å². The van der Waals surface area contributed by atoms with Crippen molar-refractivity contribution in [3.05, 3.63) is 65.7 Å². The van der Waals surface area contributed by atoms with Crippen LogP contribution in [0.25, 0.3) is 0 Å². The number of piperidine rings is 1. The second-order valence-corrected chi connectivity index (χ2v) is 6.88. The third kappa shape index (κ3) is 5.33. The molecule has 0 unspecified atom stereocenters. The minimum atomic E-state index is -0.137. The third-order valence-corrected chi connectivity index (χ3v) is 5.01. The first-order valence-corrected chi connectivity index (χ1v) is 9.38. The zero-order valence-corrected chi connectivity index (χ0v) is 15.7. The summed E-state index contributed by atoms with van der Waals surface area (Å²) in [6.07, 6.45) is 1.83. The Morgan fingerprint density at radius 2 is 1.85 bits per heavy atom. The van der Waals surface area contributed by atoms with Crippen molar-refractivity contribution in [2.24, 2.45) is 5.92 Å². The van der Waals surface area contributed by atoms with E-state index >= 15 is 0 Å². The van der Waals surface area contributed by atoms with E-state index in [2.05, 4.69) is 5.32 Å². The molecule has 0 radical (unpaired) electrons. The molecule has 1 aliphatic heterocycles. The van der Waals surface area contributed by atoms with Gasteiger partial charge in [-0.05, 0) is 36.1 Å². The molecule has 5 heteroatoms. The molecule has 0 aliphatic carbocycles. The van der Waals surface area contributed by atoms with Crippen molar-refractivity contribution in [3.63, 3.8) is 0 Å². The summed E-state index contributed by atoms with van der Waals surface area (Å²) < 4.78 is 5.17. The van der Waals surface area contributed by atoms with E-state index in [0.29, 0.717) is 32.5 Å². The average molecular weight is 366 g/mol. The van der Waals surface area contributed by atoms with Gasteiger partial charge in [-0.3, -0.25) is 9.59 Å². The lowest BCUT2D eigenvalue weighted by molar-refractivity contribution is -0.138. The largest absolute Gasteiger partial charge is 0.497 e. The van der Waals surface area contributed by atoms with Crippen LogP contribution in [-0.2, 0) is 22.6 Å². The molecule has 1 fully saturated rings. The van der Waals surface area contributed by atoms with Gasteiger partial charge in [0.2, 0.25) is 11.8 Å². The van der Waals surface area contributed by atoms with E-state index in [9.17, 15) is 9.59 Å². The first kappa shape index (κ1) is 19.0. The Morgan fingerprint density at radius 1 is 1.11 bits per heavy atom. The molecule has 3 rings (SSSR count). The fraction of sp³-hybridized carbons (Fsp3) is 0.364. The van der Waals surface area contributed by atoms with Gasteiger partial charge < -0.3 is 15.0 Å². The van der Waals surface area contributed by atoms with Crippen molar-refractivity contribution < 1.29 is 14.3 Å². The fourth-order valence-corrected chi connectivity index (χ4v) is 3.33. The van der Waals surface area contributed by atoms with Crippen molar-refractivity contribution in [2.75, 3.05) is 20.2 Å². The van der Waals surface area contributed by atoms with Crippen molar-refractivity contribution in [2.45, 2.75) is 25.8 Å². The van der Waals surface area contributed by atoms with Gasteiger partial charge in [-0.1, -0.05) is 42.5 Å². The number of carbonyl (C=O) groups is 2. The van der Waals surface area contributed by atoms with Gasteiger partial charge in [0.1, 0.15) is 5.75 Å². The molecule has 1 N–H and O–H groups in total. The van der Waals surface area contributed by atoms with Gasteiger partial charge in [0, 0.05) is 26.1 Å². The molecule has 2 aromatic carbocycles. The third-order valence-electron chi connectivity index (χ3n) is 5.01. The summed E-state index contributed by atoms with van der Waals surface area (Å²) in [4.78, 5) is 26.6. The van der Waals surface area contributed by atoms with Crippen LogP contribution < -0.4 is 10.1 Å². The van der Waals surface area contributed by atoms with Crippen molar-refractivity contribution in [1.82, 2.24) is 10.2 Å². The summed E-state index contributed by atoms with van der Waals surface area (Å²) in [6, 6.07) is 17.7. The number of carbonyl (C=O) groups excluding carboxylic acids is 2. The summed E-state index contributed by atoms with van der Waals surface area (Å²) in [5.74, 6) is 0.849. The second-order valence-electron chi connectivity index (χ2n) is 6.88. The number of rotatable bonds is 7. The fourth-order valence-electron chi connectivity index (χ4n) is 3.33. The topological polar surface area (TPSA) is 58.6 Å². The number of methoxy groups -OCH3 is 1. The summed E-state index contributed by atoms with van der Waals surface area (Å²) >= 11 is 0. The Hall–Kier alpha value is -2.82. The number of ether oxygens (including phenoxy) is 1.